The summed E-state index contributed by atoms with van der Waals surface area (Å²) in [5, 5.41) is 0. The topological polar surface area (TPSA) is 47.3 Å². The van der Waals surface area contributed by atoms with Crippen LogP contribution in [-0.4, -0.2) is 19.8 Å². The summed E-state index contributed by atoms with van der Waals surface area (Å²) in [5.74, 6) is 6.09. The van der Waals surface area contributed by atoms with Crippen molar-refractivity contribution in [1.82, 2.24) is 5.43 Å². The van der Waals surface area contributed by atoms with Crippen molar-refractivity contribution in [1.29, 1.82) is 0 Å². The van der Waals surface area contributed by atoms with Crippen LogP contribution in [0.4, 0.5) is 0 Å². The van der Waals surface area contributed by atoms with Crippen LogP contribution in [0, 0.1) is 5.92 Å². The van der Waals surface area contributed by atoms with Gasteiger partial charge in [0, 0.05) is 19.8 Å². The first kappa shape index (κ1) is 12.9. The molecule has 13 heavy (non-hydrogen) atoms. The minimum atomic E-state index is 0.440. The monoisotopic (exact) mass is 188 g/mol. The van der Waals surface area contributed by atoms with Gasteiger partial charge >= 0.3 is 0 Å². The van der Waals surface area contributed by atoms with Gasteiger partial charge in [-0.05, 0) is 18.8 Å². The maximum Gasteiger partial charge on any atom is 0.0465 e. The number of hydrazine groups is 1. The van der Waals surface area contributed by atoms with Crippen molar-refractivity contribution in [2.45, 2.75) is 45.6 Å². The van der Waals surface area contributed by atoms with Crippen molar-refractivity contribution in [2.75, 3.05) is 13.7 Å². The lowest BCUT2D eigenvalue weighted by Gasteiger charge is -2.22. The van der Waals surface area contributed by atoms with Crippen LogP contribution in [0.5, 0.6) is 0 Å². The van der Waals surface area contributed by atoms with Crippen molar-refractivity contribution in [3.05, 3.63) is 0 Å². The molecule has 2 unspecified atom stereocenters. The molecule has 0 spiro atoms. The Bertz CT molecular complexity index is 109. The van der Waals surface area contributed by atoms with E-state index in [0.717, 1.165) is 19.4 Å². The number of methoxy groups -OCH3 is 1. The minimum Gasteiger partial charge on any atom is -0.385 e. The van der Waals surface area contributed by atoms with Crippen LogP contribution in [0.1, 0.15) is 39.5 Å². The molecule has 0 aromatic heterocycles. The molecule has 0 aliphatic heterocycles. The number of nitrogens with two attached hydrogens (primary N) is 1. The van der Waals surface area contributed by atoms with E-state index >= 15 is 0 Å². The number of nitrogens with one attached hydrogen (secondary N) is 1. The first-order valence-corrected chi connectivity index (χ1v) is 5.21. The molecule has 0 heterocycles. The van der Waals surface area contributed by atoms with Crippen molar-refractivity contribution in [2.24, 2.45) is 11.8 Å². The van der Waals surface area contributed by atoms with Crippen molar-refractivity contribution < 1.29 is 4.74 Å². The molecule has 0 aromatic carbocycles. The smallest absolute Gasteiger partial charge is 0.0465 e. The van der Waals surface area contributed by atoms with Crippen molar-refractivity contribution in [3.8, 4) is 0 Å². The second kappa shape index (κ2) is 8.48. The summed E-state index contributed by atoms with van der Waals surface area (Å²) in [4.78, 5) is 0. The Morgan fingerprint density at radius 3 is 2.54 bits per heavy atom. The molecule has 0 fully saturated rings. The molecule has 3 nitrogen and oxygen atoms in total. The van der Waals surface area contributed by atoms with E-state index < -0.39 is 0 Å². The van der Waals surface area contributed by atoms with E-state index in [-0.39, 0.29) is 0 Å². The molecule has 3 N–H and O–H groups in total. The normalized spacial score (nSPS) is 15.7. The number of rotatable bonds is 8. The third kappa shape index (κ3) is 6.02. The highest BCUT2D eigenvalue weighted by atomic mass is 16.5. The molecule has 0 aliphatic rings. The zero-order valence-corrected chi connectivity index (χ0v) is 9.18. The van der Waals surface area contributed by atoms with E-state index in [0.29, 0.717) is 12.0 Å². The average Bonchev–Trinajstić information content (AvgIpc) is 2.16. The van der Waals surface area contributed by atoms with Gasteiger partial charge in [0.05, 0.1) is 0 Å². The van der Waals surface area contributed by atoms with Crippen molar-refractivity contribution in [3.63, 3.8) is 0 Å². The molecule has 0 saturated heterocycles. The van der Waals surface area contributed by atoms with Gasteiger partial charge in [0.25, 0.3) is 0 Å². The first-order valence-electron chi connectivity index (χ1n) is 5.21. The van der Waals surface area contributed by atoms with Gasteiger partial charge in [-0.25, -0.2) is 0 Å². The summed E-state index contributed by atoms with van der Waals surface area (Å²) in [6.07, 6.45) is 4.72. The molecule has 0 rings (SSSR count). The van der Waals surface area contributed by atoms with Gasteiger partial charge < -0.3 is 4.74 Å². The summed E-state index contributed by atoms with van der Waals surface area (Å²) in [5.41, 5.74) is 2.89. The van der Waals surface area contributed by atoms with Crippen LogP contribution in [0.15, 0.2) is 0 Å². The van der Waals surface area contributed by atoms with E-state index in [1.807, 2.05) is 0 Å². The minimum absolute atomic E-state index is 0.440. The summed E-state index contributed by atoms with van der Waals surface area (Å²) >= 11 is 0. The predicted octanol–water partition coefficient (Wildman–Crippen LogP) is 1.68. The molecule has 0 saturated carbocycles. The summed E-state index contributed by atoms with van der Waals surface area (Å²) in [7, 11) is 1.74. The van der Waals surface area contributed by atoms with Gasteiger partial charge in [-0.3, -0.25) is 11.3 Å². The molecule has 0 amide bonds. The highest BCUT2D eigenvalue weighted by Gasteiger charge is 2.14. The van der Waals surface area contributed by atoms with Gasteiger partial charge in [0.2, 0.25) is 0 Å². The number of ether oxygens (including phenoxy) is 1. The molecule has 2 atom stereocenters. The Hall–Kier alpha value is -0.120. The quantitative estimate of drug-likeness (QED) is 0.450. The van der Waals surface area contributed by atoms with Crippen LogP contribution < -0.4 is 11.3 Å². The number of hydrogen-bond acceptors (Lipinski definition) is 3. The van der Waals surface area contributed by atoms with Gasteiger partial charge in [-0.1, -0.05) is 26.7 Å². The highest BCUT2D eigenvalue weighted by Crippen LogP contribution is 2.13. The van der Waals surface area contributed by atoms with Gasteiger partial charge in [0.1, 0.15) is 0 Å². The Morgan fingerprint density at radius 2 is 2.08 bits per heavy atom. The number of hydrogen-bond donors (Lipinski definition) is 2. The first-order chi connectivity index (χ1) is 6.26. The fraction of sp³-hybridized carbons (Fsp3) is 1.00. The van der Waals surface area contributed by atoms with Gasteiger partial charge in [0.15, 0.2) is 0 Å². The third-order valence-corrected chi connectivity index (χ3v) is 2.55. The molecule has 80 valence electrons. The van der Waals surface area contributed by atoms with E-state index in [1.165, 1.54) is 12.8 Å². The Kier molecular flexibility index (Phi) is 8.40. The fourth-order valence-electron chi connectivity index (χ4n) is 1.46. The van der Waals surface area contributed by atoms with E-state index in [2.05, 4.69) is 19.3 Å². The SMILES string of the molecule is CCCCC(NN)C(C)CCOC. The van der Waals surface area contributed by atoms with Gasteiger partial charge in [-0.2, -0.15) is 0 Å². The zero-order valence-electron chi connectivity index (χ0n) is 9.18. The molecule has 0 aromatic rings. The highest BCUT2D eigenvalue weighted by molar-refractivity contribution is 4.70. The molecular weight excluding hydrogens is 164 g/mol. The summed E-state index contributed by atoms with van der Waals surface area (Å²) in [6, 6.07) is 0.440. The standard InChI is InChI=1S/C10H24N2O/c1-4-5-6-10(12-11)9(2)7-8-13-3/h9-10,12H,4-8,11H2,1-3H3. The molecule has 0 radical (unpaired) electrons. The molecule has 0 bridgehead atoms. The maximum absolute atomic E-state index is 5.50. The Morgan fingerprint density at radius 1 is 1.38 bits per heavy atom. The lowest BCUT2D eigenvalue weighted by Crippen LogP contribution is -2.40. The second-order valence-corrected chi connectivity index (χ2v) is 3.67. The lowest BCUT2D eigenvalue weighted by atomic mass is 9.95. The van der Waals surface area contributed by atoms with Crippen LogP contribution in [-0.2, 0) is 4.74 Å². The van der Waals surface area contributed by atoms with Crippen molar-refractivity contribution >= 4 is 0 Å². The predicted molar refractivity (Wildman–Crippen MR) is 56.3 cm³/mol. The molecule has 0 aliphatic carbocycles. The van der Waals surface area contributed by atoms with E-state index in [9.17, 15) is 0 Å². The second-order valence-electron chi connectivity index (χ2n) is 3.67. The van der Waals surface area contributed by atoms with E-state index in [4.69, 9.17) is 10.6 Å². The molecule has 3 heteroatoms. The van der Waals surface area contributed by atoms with Crippen LogP contribution >= 0.6 is 0 Å². The van der Waals surface area contributed by atoms with Gasteiger partial charge in [-0.15, -0.1) is 0 Å². The van der Waals surface area contributed by atoms with Crippen LogP contribution in [0.2, 0.25) is 0 Å². The van der Waals surface area contributed by atoms with Crippen LogP contribution in [0.25, 0.3) is 0 Å². The Balaban J connectivity index is 3.63. The number of unbranched alkanes of at least 4 members (excludes halogenated alkanes) is 1. The largest absolute Gasteiger partial charge is 0.385 e. The van der Waals surface area contributed by atoms with E-state index in [1.54, 1.807) is 7.11 Å². The summed E-state index contributed by atoms with van der Waals surface area (Å²) < 4.78 is 5.04. The Labute approximate surface area is 82.0 Å². The fourth-order valence-corrected chi connectivity index (χ4v) is 1.46. The average molecular weight is 188 g/mol. The third-order valence-electron chi connectivity index (χ3n) is 2.55. The van der Waals surface area contributed by atoms with Crippen LogP contribution in [0.3, 0.4) is 0 Å². The molecular formula is C10H24N2O. The summed E-state index contributed by atoms with van der Waals surface area (Å²) in [6.45, 7) is 5.25. The zero-order chi connectivity index (χ0) is 10.1. The maximum atomic E-state index is 5.50. The lowest BCUT2D eigenvalue weighted by molar-refractivity contribution is 0.168.